The number of hydrogen-bond acceptors (Lipinski definition) is 2. The third-order valence-electron chi connectivity index (χ3n) is 3.06. The van der Waals surface area contributed by atoms with E-state index in [-0.39, 0.29) is 5.82 Å². The van der Waals surface area contributed by atoms with Gasteiger partial charge in [-0.05, 0) is 31.5 Å². The summed E-state index contributed by atoms with van der Waals surface area (Å²) in [5.74, 6) is 1.02. The fourth-order valence-electron chi connectivity index (χ4n) is 2.16. The molecule has 102 valence electrons. The lowest BCUT2D eigenvalue weighted by molar-refractivity contribution is 0.631. The topological polar surface area (TPSA) is 43.8 Å². The van der Waals surface area contributed by atoms with Crippen molar-refractivity contribution < 1.29 is 4.39 Å². The Balaban J connectivity index is 2.59. The minimum absolute atomic E-state index is 0.356. The monoisotopic (exact) mass is 281 g/mol. The summed E-state index contributed by atoms with van der Waals surface area (Å²) in [4.78, 5) is 4.48. The number of nitrogens with zero attached hydrogens (tertiary/aromatic N) is 2. The van der Waals surface area contributed by atoms with Gasteiger partial charge in [0.25, 0.3) is 0 Å². The van der Waals surface area contributed by atoms with Crippen LogP contribution in [0.1, 0.15) is 26.1 Å². The number of aromatic nitrogens is 2. The minimum Gasteiger partial charge on any atom is -0.383 e. The van der Waals surface area contributed by atoms with E-state index in [0.717, 1.165) is 25.2 Å². The second-order valence-corrected chi connectivity index (χ2v) is 4.82. The number of halogens is 2. The number of anilines is 1. The van der Waals surface area contributed by atoms with Crippen molar-refractivity contribution in [2.45, 2.75) is 33.2 Å². The van der Waals surface area contributed by atoms with Gasteiger partial charge in [0.05, 0.1) is 0 Å². The van der Waals surface area contributed by atoms with Gasteiger partial charge in [-0.15, -0.1) is 0 Å². The Hall–Kier alpha value is -1.55. The van der Waals surface area contributed by atoms with E-state index in [9.17, 15) is 4.39 Å². The number of nitrogens with two attached hydrogens (primary N) is 1. The van der Waals surface area contributed by atoms with Gasteiger partial charge >= 0.3 is 0 Å². The second kappa shape index (κ2) is 5.61. The van der Waals surface area contributed by atoms with Crippen LogP contribution in [0.5, 0.6) is 0 Å². The molecule has 0 aliphatic rings. The Morgan fingerprint density at radius 2 is 2.11 bits per heavy atom. The van der Waals surface area contributed by atoms with Gasteiger partial charge in [-0.2, -0.15) is 0 Å². The van der Waals surface area contributed by atoms with E-state index in [0.29, 0.717) is 22.1 Å². The summed E-state index contributed by atoms with van der Waals surface area (Å²) in [6, 6.07) is 4.41. The molecule has 0 spiro atoms. The lowest BCUT2D eigenvalue weighted by Crippen LogP contribution is -2.05. The van der Waals surface area contributed by atoms with Crippen molar-refractivity contribution in [3.63, 3.8) is 0 Å². The van der Waals surface area contributed by atoms with Gasteiger partial charge < -0.3 is 10.3 Å². The highest BCUT2D eigenvalue weighted by atomic mass is 35.5. The first-order valence-corrected chi connectivity index (χ1v) is 6.76. The smallest absolute Gasteiger partial charge is 0.132 e. The highest BCUT2D eigenvalue weighted by Crippen LogP contribution is 2.30. The van der Waals surface area contributed by atoms with Gasteiger partial charge in [0.2, 0.25) is 0 Å². The number of benzene rings is 1. The highest BCUT2D eigenvalue weighted by molar-refractivity contribution is 6.30. The quantitative estimate of drug-likeness (QED) is 0.924. The molecule has 0 bridgehead atoms. The predicted molar refractivity (Wildman–Crippen MR) is 76.7 cm³/mol. The van der Waals surface area contributed by atoms with E-state index in [1.54, 1.807) is 6.07 Å². The molecule has 0 saturated carbocycles. The van der Waals surface area contributed by atoms with Gasteiger partial charge in [0.15, 0.2) is 0 Å². The fourth-order valence-corrected chi connectivity index (χ4v) is 2.33. The van der Waals surface area contributed by atoms with Gasteiger partial charge in [0.1, 0.15) is 23.2 Å². The maximum atomic E-state index is 13.9. The second-order valence-electron chi connectivity index (χ2n) is 4.38. The molecule has 2 aromatic rings. The van der Waals surface area contributed by atoms with Crippen LogP contribution in [0.2, 0.25) is 5.02 Å². The predicted octanol–water partition coefficient (Wildman–Crippen LogP) is 3.90. The van der Waals surface area contributed by atoms with E-state index in [4.69, 9.17) is 17.3 Å². The molecule has 0 aliphatic carbocycles. The molecule has 1 aromatic carbocycles. The third kappa shape index (κ3) is 2.59. The molecule has 5 heteroatoms. The average molecular weight is 282 g/mol. The lowest BCUT2D eigenvalue weighted by Gasteiger charge is -2.05. The number of imidazole rings is 1. The Bertz CT molecular complexity index is 593. The number of nitrogen functional groups attached to an aromatic ring is 1. The van der Waals surface area contributed by atoms with Gasteiger partial charge in [-0.1, -0.05) is 18.5 Å². The zero-order chi connectivity index (χ0) is 14.0. The van der Waals surface area contributed by atoms with Crippen molar-refractivity contribution in [1.82, 2.24) is 9.55 Å². The lowest BCUT2D eigenvalue weighted by atomic mass is 10.1. The summed E-state index contributed by atoms with van der Waals surface area (Å²) in [7, 11) is 0. The van der Waals surface area contributed by atoms with E-state index in [2.05, 4.69) is 11.9 Å². The van der Waals surface area contributed by atoms with Crippen LogP contribution < -0.4 is 5.73 Å². The van der Waals surface area contributed by atoms with Crippen molar-refractivity contribution in [3.05, 3.63) is 34.9 Å². The highest BCUT2D eigenvalue weighted by Gasteiger charge is 2.17. The fraction of sp³-hybridized carbons (Fsp3) is 0.357. The molecule has 3 nitrogen and oxygen atoms in total. The molecule has 0 aliphatic heterocycles. The zero-order valence-corrected chi connectivity index (χ0v) is 11.8. The minimum atomic E-state index is -0.361. The van der Waals surface area contributed by atoms with Crippen LogP contribution in [0.3, 0.4) is 0 Å². The molecule has 2 rings (SSSR count). The first-order chi connectivity index (χ1) is 9.08. The molecule has 2 N–H and O–H groups in total. The van der Waals surface area contributed by atoms with Gasteiger partial charge in [-0.25, -0.2) is 9.37 Å². The summed E-state index contributed by atoms with van der Waals surface area (Å²) in [6.45, 7) is 4.79. The van der Waals surface area contributed by atoms with Crippen LogP contribution >= 0.6 is 11.6 Å². The maximum absolute atomic E-state index is 13.9. The Kier molecular flexibility index (Phi) is 4.10. The van der Waals surface area contributed by atoms with Crippen LogP contribution in [0.15, 0.2) is 18.2 Å². The van der Waals surface area contributed by atoms with Crippen molar-refractivity contribution >= 4 is 17.4 Å². The van der Waals surface area contributed by atoms with Crippen LogP contribution in [-0.2, 0) is 13.0 Å². The molecule has 19 heavy (non-hydrogen) atoms. The van der Waals surface area contributed by atoms with Crippen LogP contribution in [-0.4, -0.2) is 9.55 Å². The molecule has 0 fully saturated rings. The van der Waals surface area contributed by atoms with E-state index < -0.39 is 0 Å². The number of aryl methyl sites for hydroxylation is 1. The SMILES string of the molecule is CCCc1nc(-c2cc(Cl)ccc2F)c(N)n1CC. The van der Waals surface area contributed by atoms with Gasteiger partial charge in [0, 0.05) is 23.6 Å². The van der Waals surface area contributed by atoms with Crippen LogP contribution in [0, 0.1) is 5.82 Å². The largest absolute Gasteiger partial charge is 0.383 e. The molecular formula is C14H17ClFN3. The molecule has 0 atom stereocenters. The Morgan fingerprint density at radius 3 is 2.74 bits per heavy atom. The van der Waals surface area contributed by atoms with Crippen molar-refractivity contribution in [3.8, 4) is 11.3 Å². The molecule has 1 aromatic heterocycles. The third-order valence-corrected chi connectivity index (χ3v) is 3.29. The van der Waals surface area contributed by atoms with Crippen molar-refractivity contribution in [1.29, 1.82) is 0 Å². The van der Waals surface area contributed by atoms with E-state index in [1.165, 1.54) is 12.1 Å². The molecular weight excluding hydrogens is 265 g/mol. The number of rotatable bonds is 4. The van der Waals surface area contributed by atoms with Gasteiger partial charge in [-0.3, -0.25) is 0 Å². The summed E-state index contributed by atoms with van der Waals surface area (Å²) in [5, 5.41) is 0.471. The van der Waals surface area contributed by atoms with Crippen molar-refractivity contribution in [2.75, 3.05) is 5.73 Å². The van der Waals surface area contributed by atoms with Crippen molar-refractivity contribution in [2.24, 2.45) is 0 Å². The zero-order valence-electron chi connectivity index (χ0n) is 11.1. The summed E-state index contributed by atoms with van der Waals surface area (Å²) in [6.07, 6.45) is 1.79. The summed E-state index contributed by atoms with van der Waals surface area (Å²) < 4.78 is 15.8. The summed E-state index contributed by atoms with van der Waals surface area (Å²) >= 11 is 5.92. The maximum Gasteiger partial charge on any atom is 0.132 e. The average Bonchev–Trinajstić information content (AvgIpc) is 2.69. The Morgan fingerprint density at radius 1 is 1.37 bits per heavy atom. The van der Waals surface area contributed by atoms with E-state index in [1.807, 2.05) is 11.5 Å². The normalized spacial score (nSPS) is 10.9. The first-order valence-electron chi connectivity index (χ1n) is 6.38. The summed E-state index contributed by atoms with van der Waals surface area (Å²) in [5.41, 5.74) is 6.92. The van der Waals surface area contributed by atoms with Crippen LogP contribution in [0.4, 0.5) is 10.2 Å². The Labute approximate surface area is 117 Å². The van der Waals surface area contributed by atoms with E-state index >= 15 is 0 Å². The molecule has 0 amide bonds. The molecule has 1 heterocycles. The molecule has 0 saturated heterocycles. The number of hydrogen-bond donors (Lipinski definition) is 1. The molecule has 0 radical (unpaired) electrons. The standard InChI is InChI=1S/C14H17ClFN3/c1-3-5-12-18-13(14(17)19(12)4-2)10-8-9(15)6-7-11(10)16/h6-8H,3-5,17H2,1-2H3. The van der Waals surface area contributed by atoms with Crippen LogP contribution in [0.25, 0.3) is 11.3 Å². The molecule has 0 unspecified atom stereocenters. The first kappa shape index (κ1) is 13.9.